The fourth-order valence-corrected chi connectivity index (χ4v) is 2.16. The number of hydrogen-bond acceptors (Lipinski definition) is 6. The van der Waals surface area contributed by atoms with Crippen LogP contribution in [0.4, 0.5) is 0 Å². The van der Waals surface area contributed by atoms with Crippen LogP contribution in [-0.4, -0.2) is 31.7 Å². The van der Waals surface area contributed by atoms with Crippen LogP contribution in [0, 0.1) is 5.92 Å². The molecule has 2 heterocycles. The third kappa shape index (κ3) is 4.28. The van der Waals surface area contributed by atoms with Gasteiger partial charge in [-0.15, -0.1) is 0 Å². The molecule has 2 aromatic rings. The number of nitrogens with zero attached hydrogens (tertiary/aromatic N) is 2. The van der Waals surface area contributed by atoms with Crippen LogP contribution >= 0.6 is 0 Å². The first-order valence-corrected chi connectivity index (χ1v) is 7.26. The van der Waals surface area contributed by atoms with Crippen LogP contribution in [0.3, 0.4) is 0 Å². The number of aliphatic hydroxyl groups excluding tert-OH is 2. The zero-order valence-corrected chi connectivity index (χ0v) is 12.8. The van der Waals surface area contributed by atoms with Gasteiger partial charge in [0.05, 0.1) is 24.6 Å². The Labute approximate surface area is 133 Å². The Hall–Kier alpha value is -2.44. The number of hydrogen-bond donors (Lipinski definition) is 2. The van der Waals surface area contributed by atoms with Crippen LogP contribution in [0.5, 0.6) is 0 Å². The predicted molar refractivity (Wildman–Crippen MR) is 82.8 cm³/mol. The number of Topliss-reactive ketones (excluding diaryl/α,β-unsaturated/α-hetero) is 2. The van der Waals surface area contributed by atoms with Gasteiger partial charge in [-0.1, -0.05) is 19.1 Å². The van der Waals surface area contributed by atoms with Gasteiger partial charge in [-0.3, -0.25) is 9.59 Å². The quantitative estimate of drug-likeness (QED) is 0.752. The summed E-state index contributed by atoms with van der Waals surface area (Å²) in [6.07, 6.45) is 0.00570. The normalized spacial score (nSPS) is 12.0. The van der Waals surface area contributed by atoms with Crippen molar-refractivity contribution in [1.82, 2.24) is 9.97 Å². The largest absolute Gasteiger partial charge is 0.390 e. The Kier molecular flexibility index (Phi) is 5.67. The second-order valence-electron chi connectivity index (χ2n) is 5.24. The number of pyridine rings is 2. The molecular weight excluding hydrogens is 296 g/mol. The topological polar surface area (TPSA) is 100 Å². The molecule has 1 unspecified atom stereocenters. The first-order chi connectivity index (χ1) is 11.0. The second-order valence-corrected chi connectivity index (χ2v) is 5.24. The minimum absolute atomic E-state index is 0.00570. The van der Waals surface area contributed by atoms with Crippen LogP contribution < -0.4 is 0 Å². The zero-order chi connectivity index (χ0) is 16.8. The summed E-state index contributed by atoms with van der Waals surface area (Å²) in [4.78, 5) is 32.7. The maximum absolute atomic E-state index is 12.3. The molecule has 6 nitrogen and oxygen atoms in total. The summed E-state index contributed by atoms with van der Waals surface area (Å²) in [5.41, 5.74) is 1.28. The van der Waals surface area contributed by atoms with E-state index in [4.69, 9.17) is 10.2 Å². The van der Waals surface area contributed by atoms with Gasteiger partial charge in [-0.2, -0.15) is 0 Å². The van der Waals surface area contributed by atoms with E-state index < -0.39 is 5.92 Å². The fraction of sp³-hybridized carbons (Fsp3) is 0.294. The summed E-state index contributed by atoms with van der Waals surface area (Å²) >= 11 is 0. The molecule has 6 heteroatoms. The van der Waals surface area contributed by atoms with E-state index in [1.165, 1.54) is 0 Å². The van der Waals surface area contributed by atoms with E-state index in [0.717, 1.165) is 0 Å². The molecular formula is C17H18N2O4. The monoisotopic (exact) mass is 314 g/mol. The van der Waals surface area contributed by atoms with Crippen molar-refractivity contribution < 1.29 is 19.8 Å². The van der Waals surface area contributed by atoms with Crippen molar-refractivity contribution in [3.8, 4) is 0 Å². The van der Waals surface area contributed by atoms with Gasteiger partial charge in [0.2, 0.25) is 0 Å². The lowest BCUT2D eigenvalue weighted by molar-refractivity contribution is 0.0857. The summed E-state index contributed by atoms with van der Waals surface area (Å²) in [6.45, 7) is 1.17. The van der Waals surface area contributed by atoms with Gasteiger partial charge in [-0.25, -0.2) is 9.97 Å². The Morgan fingerprint density at radius 1 is 0.957 bits per heavy atom. The molecule has 0 bridgehead atoms. The summed E-state index contributed by atoms with van der Waals surface area (Å²) in [5, 5.41) is 18.1. The SMILES string of the molecule is CC(CC(=O)c1cccc(CO)n1)C(=O)c1cccc(CO)n1. The van der Waals surface area contributed by atoms with Gasteiger partial charge >= 0.3 is 0 Å². The van der Waals surface area contributed by atoms with Gasteiger partial charge < -0.3 is 10.2 Å². The van der Waals surface area contributed by atoms with Crippen molar-refractivity contribution in [3.05, 3.63) is 59.2 Å². The Morgan fingerprint density at radius 2 is 1.48 bits per heavy atom. The molecule has 0 aromatic carbocycles. The van der Waals surface area contributed by atoms with E-state index in [2.05, 4.69) is 9.97 Å². The molecule has 0 amide bonds. The maximum atomic E-state index is 12.3. The van der Waals surface area contributed by atoms with Crippen molar-refractivity contribution in [2.75, 3.05) is 0 Å². The van der Waals surface area contributed by atoms with Gasteiger partial charge in [0.25, 0.3) is 0 Å². The second kappa shape index (κ2) is 7.71. The molecule has 0 saturated heterocycles. The summed E-state index contributed by atoms with van der Waals surface area (Å²) in [6, 6.07) is 9.65. The van der Waals surface area contributed by atoms with Crippen LogP contribution in [0.1, 0.15) is 45.7 Å². The minimum Gasteiger partial charge on any atom is -0.390 e. The average molecular weight is 314 g/mol. The highest BCUT2D eigenvalue weighted by molar-refractivity contribution is 6.01. The molecule has 1 atom stereocenters. The molecule has 0 saturated carbocycles. The van der Waals surface area contributed by atoms with Crippen molar-refractivity contribution in [1.29, 1.82) is 0 Å². The number of aliphatic hydroxyl groups is 2. The molecule has 0 radical (unpaired) electrons. The van der Waals surface area contributed by atoms with E-state index in [1.807, 2.05) is 0 Å². The van der Waals surface area contributed by atoms with Crippen molar-refractivity contribution in [2.45, 2.75) is 26.6 Å². The first-order valence-electron chi connectivity index (χ1n) is 7.26. The number of carbonyl (C=O) groups is 2. The summed E-state index contributed by atoms with van der Waals surface area (Å²) in [7, 11) is 0. The molecule has 2 aromatic heterocycles. The molecule has 0 aliphatic carbocycles. The molecule has 2 N–H and O–H groups in total. The smallest absolute Gasteiger partial charge is 0.184 e. The molecule has 0 aliphatic heterocycles. The summed E-state index contributed by atoms with van der Waals surface area (Å²) < 4.78 is 0. The standard InChI is InChI=1S/C17H18N2O4/c1-11(17(23)15-7-3-5-13(10-21)19-15)8-16(22)14-6-2-4-12(9-20)18-14/h2-7,11,20-21H,8-10H2,1H3. The van der Waals surface area contributed by atoms with Crippen molar-refractivity contribution in [3.63, 3.8) is 0 Å². The summed E-state index contributed by atoms with van der Waals surface area (Å²) in [5.74, 6) is -1.07. The highest BCUT2D eigenvalue weighted by Crippen LogP contribution is 2.14. The van der Waals surface area contributed by atoms with E-state index in [1.54, 1.807) is 43.3 Å². The number of rotatable bonds is 7. The lowest BCUT2D eigenvalue weighted by atomic mass is 9.96. The Balaban J connectivity index is 2.09. The van der Waals surface area contributed by atoms with E-state index in [-0.39, 0.29) is 42.6 Å². The fourth-order valence-electron chi connectivity index (χ4n) is 2.16. The van der Waals surface area contributed by atoms with E-state index in [9.17, 15) is 9.59 Å². The van der Waals surface area contributed by atoms with E-state index in [0.29, 0.717) is 11.4 Å². The predicted octanol–water partition coefficient (Wildman–Crippen LogP) is 1.55. The minimum atomic E-state index is -0.552. The van der Waals surface area contributed by atoms with Crippen molar-refractivity contribution in [2.24, 2.45) is 5.92 Å². The third-order valence-electron chi connectivity index (χ3n) is 3.41. The molecule has 23 heavy (non-hydrogen) atoms. The number of ketones is 2. The highest BCUT2D eigenvalue weighted by atomic mass is 16.3. The molecule has 0 spiro atoms. The van der Waals surface area contributed by atoms with Crippen LogP contribution in [0.2, 0.25) is 0 Å². The molecule has 2 rings (SSSR count). The van der Waals surface area contributed by atoms with Gasteiger partial charge in [-0.05, 0) is 24.3 Å². The average Bonchev–Trinajstić information content (AvgIpc) is 2.60. The highest BCUT2D eigenvalue weighted by Gasteiger charge is 2.21. The van der Waals surface area contributed by atoms with Crippen LogP contribution in [-0.2, 0) is 13.2 Å². The maximum Gasteiger partial charge on any atom is 0.184 e. The van der Waals surface area contributed by atoms with Gasteiger partial charge in [0.15, 0.2) is 11.6 Å². The number of carbonyl (C=O) groups excluding carboxylic acids is 2. The first kappa shape index (κ1) is 16.9. The Morgan fingerprint density at radius 3 is 2.04 bits per heavy atom. The van der Waals surface area contributed by atoms with Crippen LogP contribution in [0.15, 0.2) is 36.4 Å². The van der Waals surface area contributed by atoms with Crippen LogP contribution in [0.25, 0.3) is 0 Å². The van der Waals surface area contributed by atoms with Gasteiger partial charge in [0, 0.05) is 12.3 Å². The van der Waals surface area contributed by atoms with Gasteiger partial charge in [0.1, 0.15) is 11.4 Å². The lowest BCUT2D eigenvalue weighted by Crippen LogP contribution is -2.18. The lowest BCUT2D eigenvalue weighted by Gasteiger charge is -2.10. The third-order valence-corrected chi connectivity index (χ3v) is 3.41. The molecule has 0 aliphatic rings. The van der Waals surface area contributed by atoms with Crippen molar-refractivity contribution >= 4 is 11.6 Å². The molecule has 0 fully saturated rings. The molecule has 120 valence electrons. The zero-order valence-electron chi connectivity index (χ0n) is 12.8. The Bertz CT molecular complexity index is 715. The van der Waals surface area contributed by atoms with E-state index >= 15 is 0 Å². The number of aromatic nitrogens is 2.